The van der Waals surface area contributed by atoms with Crippen molar-refractivity contribution in [3.63, 3.8) is 0 Å². The normalized spacial score (nSPS) is 14.3. The van der Waals surface area contributed by atoms with Crippen molar-refractivity contribution in [2.24, 2.45) is 23.7 Å². The Kier molecular flexibility index (Phi) is 10.9. The number of carboxylic acids is 2. The molecule has 2 N–H and O–H groups in total. The first-order chi connectivity index (χ1) is 10.3. The van der Waals surface area contributed by atoms with Crippen molar-refractivity contribution in [3.8, 4) is 0 Å². The fraction of sp³-hybridized carbons (Fsp3) is 0.889. The zero-order valence-electron chi connectivity index (χ0n) is 14.7. The predicted octanol–water partition coefficient (Wildman–Crippen LogP) is 4.82. The Labute approximate surface area is 135 Å². The molecule has 0 spiro atoms. The summed E-state index contributed by atoms with van der Waals surface area (Å²) in [5, 5.41) is 18.8. The summed E-state index contributed by atoms with van der Waals surface area (Å²) in [4.78, 5) is 22.9. The zero-order chi connectivity index (χ0) is 17.1. The van der Waals surface area contributed by atoms with Crippen molar-refractivity contribution in [2.75, 3.05) is 0 Å². The van der Waals surface area contributed by atoms with E-state index >= 15 is 0 Å². The largest absolute Gasteiger partial charge is 0.481 e. The van der Waals surface area contributed by atoms with Crippen LogP contribution in [0.4, 0.5) is 0 Å². The lowest BCUT2D eigenvalue weighted by Gasteiger charge is -2.20. The molecule has 4 heteroatoms. The molecule has 0 aromatic rings. The fourth-order valence-electron chi connectivity index (χ4n) is 2.83. The Morgan fingerprint density at radius 2 is 0.909 bits per heavy atom. The van der Waals surface area contributed by atoms with E-state index in [1.165, 1.54) is 0 Å². The minimum atomic E-state index is -0.958. The summed E-state index contributed by atoms with van der Waals surface area (Å²) in [5.41, 5.74) is 0. The molecule has 0 aliphatic rings. The Hall–Kier alpha value is -1.06. The van der Waals surface area contributed by atoms with Gasteiger partial charge in [-0.2, -0.15) is 0 Å². The van der Waals surface area contributed by atoms with E-state index in [1.807, 2.05) is 0 Å². The van der Waals surface area contributed by atoms with E-state index in [0.717, 1.165) is 38.5 Å². The molecular formula is C18H34O4. The van der Waals surface area contributed by atoms with Gasteiger partial charge in [0.05, 0.1) is 11.8 Å². The molecule has 130 valence electrons. The van der Waals surface area contributed by atoms with Crippen LogP contribution in [0.25, 0.3) is 0 Å². The summed E-state index contributed by atoms with van der Waals surface area (Å²) in [5.74, 6) is -2.20. The number of carbonyl (C=O) groups is 2. The van der Waals surface area contributed by atoms with Crippen molar-refractivity contribution >= 4 is 11.9 Å². The zero-order valence-corrected chi connectivity index (χ0v) is 14.7. The van der Waals surface area contributed by atoms with Gasteiger partial charge in [0.1, 0.15) is 0 Å². The summed E-state index contributed by atoms with van der Waals surface area (Å²) < 4.78 is 0. The minimum Gasteiger partial charge on any atom is -0.481 e. The Balaban J connectivity index is 4.41. The van der Waals surface area contributed by atoms with Gasteiger partial charge in [0.25, 0.3) is 0 Å². The van der Waals surface area contributed by atoms with Gasteiger partial charge in [-0.1, -0.05) is 66.2 Å². The topological polar surface area (TPSA) is 74.6 Å². The number of rotatable bonds is 13. The molecule has 0 radical (unpaired) electrons. The van der Waals surface area contributed by atoms with E-state index in [9.17, 15) is 19.8 Å². The Morgan fingerprint density at radius 1 is 0.636 bits per heavy atom. The number of aliphatic carboxylic acids is 2. The molecule has 0 aliphatic heterocycles. The first-order valence-electron chi connectivity index (χ1n) is 8.71. The molecule has 0 amide bonds. The average Bonchev–Trinajstić information content (AvgIpc) is 2.38. The summed E-state index contributed by atoms with van der Waals surface area (Å²) in [6, 6.07) is 0. The standard InChI is InChI=1S/C18H34O4/c1-13(2)9-5-7-11-15(17(19)20)16(18(21)22)12-8-6-10-14(3)4/h13-16H,5-12H2,1-4H3,(H,19,20)(H,21,22). The molecule has 0 bridgehead atoms. The lowest BCUT2D eigenvalue weighted by Crippen LogP contribution is -2.30. The highest BCUT2D eigenvalue weighted by Crippen LogP contribution is 2.26. The highest BCUT2D eigenvalue weighted by atomic mass is 16.4. The number of hydrogen-bond donors (Lipinski definition) is 2. The molecule has 2 atom stereocenters. The van der Waals surface area contributed by atoms with Crippen LogP contribution in [0.1, 0.15) is 79.1 Å². The molecule has 0 heterocycles. The van der Waals surface area contributed by atoms with E-state index < -0.39 is 23.8 Å². The smallest absolute Gasteiger partial charge is 0.307 e. The van der Waals surface area contributed by atoms with Crippen LogP contribution in [0.2, 0.25) is 0 Å². The van der Waals surface area contributed by atoms with Gasteiger partial charge in [-0.25, -0.2) is 0 Å². The second-order valence-electron chi connectivity index (χ2n) is 7.25. The van der Waals surface area contributed by atoms with Gasteiger partial charge < -0.3 is 10.2 Å². The third kappa shape index (κ3) is 9.80. The van der Waals surface area contributed by atoms with Crippen LogP contribution < -0.4 is 0 Å². The highest BCUT2D eigenvalue weighted by Gasteiger charge is 2.32. The number of carboxylic acid groups (broad SMARTS) is 2. The summed E-state index contributed by atoms with van der Waals surface area (Å²) in [6.07, 6.45) is 6.63. The van der Waals surface area contributed by atoms with E-state index in [2.05, 4.69) is 27.7 Å². The molecule has 0 saturated carbocycles. The van der Waals surface area contributed by atoms with Gasteiger partial charge >= 0.3 is 11.9 Å². The monoisotopic (exact) mass is 314 g/mol. The second-order valence-corrected chi connectivity index (χ2v) is 7.25. The third-order valence-electron chi connectivity index (χ3n) is 4.21. The van der Waals surface area contributed by atoms with E-state index in [1.54, 1.807) is 0 Å². The quantitative estimate of drug-likeness (QED) is 0.478. The van der Waals surface area contributed by atoms with Crippen LogP contribution in [0.3, 0.4) is 0 Å². The van der Waals surface area contributed by atoms with Gasteiger partial charge in [-0.05, 0) is 24.7 Å². The van der Waals surface area contributed by atoms with Gasteiger partial charge in [0.2, 0.25) is 0 Å². The van der Waals surface area contributed by atoms with Crippen LogP contribution in [0.5, 0.6) is 0 Å². The first-order valence-corrected chi connectivity index (χ1v) is 8.71. The van der Waals surface area contributed by atoms with Gasteiger partial charge in [-0.3, -0.25) is 9.59 Å². The van der Waals surface area contributed by atoms with Crippen molar-refractivity contribution in [1.29, 1.82) is 0 Å². The Morgan fingerprint density at radius 3 is 1.14 bits per heavy atom. The lowest BCUT2D eigenvalue weighted by molar-refractivity contribution is -0.154. The first kappa shape index (κ1) is 20.9. The van der Waals surface area contributed by atoms with Crippen LogP contribution in [0, 0.1) is 23.7 Å². The summed E-state index contributed by atoms with van der Waals surface area (Å²) in [6.45, 7) is 8.57. The molecule has 0 aromatic carbocycles. The highest BCUT2D eigenvalue weighted by molar-refractivity contribution is 5.79. The van der Waals surface area contributed by atoms with Crippen LogP contribution in [-0.2, 0) is 9.59 Å². The summed E-state index contributed by atoms with van der Waals surface area (Å²) in [7, 11) is 0. The maximum Gasteiger partial charge on any atom is 0.307 e. The van der Waals surface area contributed by atoms with Gasteiger partial charge in [0.15, 0.2) is 0 Å². The average molecular weight is 314 g/mol. The second kappa shape index (κ2) is 11.5. The van der Waals surface area contributed by atoms with Crippen LogP contribution in [0.15, 0.2) is 0 Å². The van der Waals surface area contributed by atoms with Gasteiger partial charge in [-0.15, -0.1) is 0 Å². The molecule has 0 aromatic heterocycles. The molecule has 0 fully saturated rings. The van der Waals surface area contributed by atoms with Crippen molar-refractivity contribution in [3.05, 3.63) is 0 Å². The van der Waals surface area contributed by atoms with Crippen molar-refractivity contribution in [2.45, 2.75) is 79.1 Å². The lowest BCUT2D eigenvalue weighted by atomic mass is 9.83. The fourth-order valence-corrected chi connectivity index (χ4v) is 2.83. The summed E-state index contributed by atoms with van der Waals surface area (Å²) >= 11 is 0. The maximum absolute atomic E-state index is 11.5. The SMILES string of the molecule is CC(C)CCCCC(C(=O)O)C(CCCCC(C)C)C(=O)O. The van der Waals surface area contributed by atoms with Crippen molar-refractivity contribution < 1.29 is 19.8 Å². The third-order valence-corrected chi connectivity index (χ3v) is 4.21. The maximum atomic E-state index is 11.5. The van der Waals surface area contributed by atoms with Crippen molar-refractivity contribution in [1.82, 2.24) is 0 Å². The van der Waals surface area contributed by atoms with E-state index in [4.69, 9.17) is 0 Å². The molecule has 4 nitrogen and oxygen atoms in total. The predicted molar refractivity (Wildman–Crippen MR) is 88.9 cm³/mol. The van der Waals surface area contributed by atoms with Crippen LogP contribution in [-0.4, -0.2) is 22.2 Å². The molecule has 22 heavy (non-hydrogen) atoms. The molecule has 2 unspecified atom stereocenters. The van der Waals surface area contributed by atoms with Crippen LogP contribution >= 0.6 is 0 Å². The number of hydrogen-bond acceptors (Lipinski definition) is 2. The molecule has 0 saturated heterocycles. The minimum absolute atomic E-state index is 0.475. The number of unbranched alkanes of at least 4 members (excludes halogenated alkanes) is 2. The van der Waals surface area contributed by atoms with E-state index in [-0.39, 0.29) is 0 Å². The molecule has 0 rings (SSSR count). The van der Waals surface area contributed by atoms with Gasteiger partial charge in [0, 0.05) is 0 Å². The molecule has 0 aliphatic carbocycles. The Bertz CT molecular complexity index is 291. The van der Waals surface area contributed by atoms with E-state index in [0.29, 0.717) is 24.7 Å². The molecular weight excluding hydrogens is 280 g/mol.